The monoisotopic (exact) mass is 443 g/mol. The molecule has 1 fully saturated rings. The number of anilines is 1. The summed E-state index contributed by atoms with van der Waals surface area (Å²) < 4.78 is 25.8. The van der Waals surface area contributed by atoms with E-state index in [1.54, 1.807) is 12.1 Å². The summed E-state index contributed by atoms with van der Waals surface area (Å²) in [4.78, 5) is 26.4. The van der Waals surface area contributed by atoms with E-state index in [9.17, 15) is 18.0 Å². The molecule has 2 amide bonds. The van der Waals surface area contributed by atoms with E-state index < -0.39 is 15.9 Å². The molecule has 2 aromatic rings. The summed E-state index contributed by atoms with van der Waals surface area (Å²) in [5, 5.41) is 2.83. The molecule has 1 saturated heterocycles. The maximum Gasteiger partial charge on any atom is 0.241 e. The number of rotatable bonds is 8. The number of carbonyl (C=O) groups is 2. The summed E-state index contributed by atoms with van der Waals surface area (Å²) in [6.45, 7) is 5.09. The van der Waals surface area contributed by atoms with Crippen LogP contribution in [0, 0.1) is 13.8 Å². The van der Waals surface area contributed by atoms with Crippen molar-refractivity contribution in [2.75, 3.05) is 23.7 Å². The second-order valence-corrected chi connectivity index (χ2v) is 9.91. The molecule has 166 valence electrons. The lowest BCUT2D eigenvalue weighted by Gasteiger charge is -2.23. The summed E-state index contributed by atoms with van der Waals surface area (Å²) in [5.74, 6) is -0.244. The van der Waals surface area contributed by atoms with Gasteiger partial charge in [0.15, 0.2) is 0 Å². The van der Waals surface area contributed by atoms with E-state index in [0.29, 0.717) is 18.7 Å². The quantitative estimate of drug-likeness (QED) is 0.679. The average molecular weight is 444 g/mol. The van der Waals surface area contributed by atoms with Crippen molar-refractivity contribution in [2.24, 2.45) is 0 Å². The summed E-state index contributed by atoms with van der Waals surface area (Å²) in [6, 6.07) is 13.0. The van der Waals surface area contributed by atoms with Gasteiger partial charge in [0.2, 0.25) is 21.8 Å². The smallest absolute Gasteiger partial charge is 0.241 e. The van der Waals surface area contributed by atoms with Gasteiger partial charge in [-0.25, -0.2) is 8.42 Å². The Morgan fingerprint density at radius 2 is 1.81 bits per heavy atom. The Kier molecular flexibility index (Phi) is 7.00. The largest absolute Gasteiger partial charge is 0.350 e. The van der Waals surface area contributed by atoms with Crippen molar-refractivity contribution < 1.29 is 18.0 Å². The summed E-state index contributed by atoms with van der Waals surface area (Å²) in [7, 11) is -3.63. The molecular formula is C23H29N3O4S. The zero-order chi connectivity index (χ0) is 22.6. The fourth-order valence-electron chi connectivity index (χ4n) is 3.62. The van der Waals surface area contributed by atoms with E-state index in [-0.39, 0.29) is 19.0 Å². The molecule has 0 radical (unpaired) electrons. The van der Waals surface area contributed by atoms with Crippen molar-refractivity contribution >= 4 is 27.5 Å². The maximum absolute atomic E-state index is 12.6. The first-order chi connectivity index (χ1) is 14.6. The van der Waals surface area contributed by atoms with Crippen LogP contribution in [-0.4, -0.2) is 44.5 Å². The van der Waals surface area contributed by atoms with E-state index in [2.05, 4.69) is 5.32 Å². The predicted molar refractivity (Wildman–Crippen MR) is 121 cm³/mol. The number of aryl methyl sites for hydroxylation is 2. The number of benzene rings is 2. The van der Waals surface area contributed by atoms with Crippen LogP contribution in [0.5, 0.6) is 0 Å². The van der Waals surface area contributed by atoms with Crippen LogP contribution in [0.25, 0.3) is 0 Å². The number of nitrogens with one attached hydrogen (secondary N) is 1. The lowest BCUT2D eigenvalue weighted by molar-refractivity contribution is -0.128. The zero-order valence-corrected chi connectivity index (χ0v) is 19.0. The molecule has 0 aliphatic carbocycles. The Morgan fingerprint density at radius 3 is 2.42 bits per heavy atom. The van der Waals surface area contributed by atoms with Gasteiger partial charge in [-0.05, 0) is 54.7 Å². The van der Waals surface area contributed by atoms with Crippen LogP contribution in [0.2, 0.25) is 0 Å². The molecule has 1 aliphatic heterocycles. The number of nitrogens with zero attached hydrogens (tertiary/aromatic N) is 2. The Balaban J connectivity index is 1.68. The topological polar surface area (TPSA) is 86.8 Å². The van der Waals surface area contributed by atoms with Crippen molar-refractivity contribution in [3.8, 4) is 0 Å². The van der Waals surface area contributed by atoms with Gasteiger partial charge in [-0.2, -0.15) is 0 Å². The van der Waals surface area contributed by atoms with Crippen molar-refractivity contribution in [1.82, 2.24) is 10.2 Å². The Labute approximate surface area is 184 Å². The Bertz CT molecular complexity index is 1080. The number of hydrogen-bond acceptors (Lipinski definition) is 4. The number of sulfonamides is 1. The molecule has 0 atom stereocenters. The summed E-state index contributed by atoms with van der Waals surface area (Å²) >= 11 is 0. The first-order valence-electron chi connectivity index (χ1n) is 10.3. The van der Waals surface area contributed by atoms with Crippen molar-refractivity contribution in [3.63, 3.8) is 0 Å². The lowest BCUT2D eigenvalue weighted by Crippen LogP contribution is -2.40. The minimum Gasteiger partial charge on any atom is -0.350 e. The Hall–Kier alpha value is -2.87. The van der Waals surface area contributed by atoms with Gasteiger partial charge in [-0.15, -0.1) is 0 Å². The van der Waals surface area contributed by atoms with Crippen LogP contribution in [0.1, 0.15) is 35.1 Å². The highest BCUT2D eigenvalue weighted by molar-refractivity contribution is 7.92. The molecule has 2 aromatic carbocycles. The summed E-state index contributed by atoms with van der Waals surface area (Å²) in [6.07, 6.45) is 2.55. The molecule has 0 unspecified atom stereocenters. The van der Waals surface area contributed by atoms with Crippen LogP contribution in [0.4, 0.5) is 5.69 Å². The normalized spacial score (nSPS) is 14.0. The van der Waals surface area contributed by atoms with E-state index in [0.717, 1.165) is 45.8 Å². The molecule has 1 aliphatic rings. The van der Waals surface area contributed by atoms with Crippen LogP contribution >= 0.6 is 0 Å². The molecule has 1 heterocycles. The van der Waals surface area contributed by atoms with Crippen LogP contribution < -0.4 is 9.62 Å². The predicted octanol–water partition coefficient (Wildman–Crippen LogP) is 2.51. The molecule has 0 saturated carbocycles. The highest BCUT2D eigenvalue weighted by atomic mass is 32.2. The van der Waals surface area contributed by atoms with Crippen molar-refractivity contribution in [1.29, 1.82) is 0 Å². The molecule has 1 N–H and O–H groups in total. The third-order valence-electron chi connectivity index (χ3n) is 5.59. The van der Waals surface area contributed by atoms with E-state index in [1.807, 2.05) is 49.1 Å². The fraction of sp³-hybridized carbons (Fsp3) is 0.391. The second kappa shape index (κ2) is 9.51. The van der Waals surface area contributed by atoms with Gasteiger partial charge in [0.25, 0.3) is 0 Å². The number of likely N-dealkylation sites (tertiary alicyclic amines) is 1. The number of hydrogen-bond donors (Lipinski definition) is 1. The van der Waals surface area contributed by atoms with E-state index >= 15 is 0 Å². The number of amides is 2. The van der Waals surface area contributed by atoms with Gasteiger partial charge in [-0.1, -0.05) is 30.3 Å². The van der Waals surface area contributed by atoms with Crippen LogP contribution in [0.15, 0.2) is 42.5 Å². The van der Waals surface area contributed by atoms with Gasteiger partial charge < -0.3 is 10.2 Å². The van der Waals surface area contributed by atoms with Gasteiger partial charge in [0, 0.05) is 26.1 Å². The minimum absolute atomic E-state index is 0.149. The number of carbonyl (C=O) groups excluding carboxylic acids is 2. The first kappa shape index (κ1) is 22.8. The zero-order valence-electron chi connectivity index (χ0n) is 18.2. The third-order valence-corrected chi connectivity index (χ3v) is 6.73. The fourth-order valence-corrected chi connectivity index (χ4v) is 4.47. The second-order valence-electron chi connectivity index (χ2n) is 8.00. The molecule has 0 aromatic heterocycles. The van der Waals surface area contributed by atoms with Crippen molar-refractivity contribution in [2.45, 2.75) is 39.8 Å². The summed E-state index contributed by atoms with van der Waals surface area (Å²) in [5.41, 5.74) is 4.36. The SMILES string of the molecule is Cc1ccc(N(CC(=O)NCc2ccccc2CN2CCCC2=O)S(C)(=O)=O)cc1C. The van der Waals surface area contributed by atoms with Crippen molar-refractivity contribution in [3.05, 3.63) is 64.7 Å². The van der Waals surface area contributed by atoms with E-state index in [1.165, 1.54) is 0 Å². The van der Waals surface area contributed by atoms with Gasteiger partial charge in [-0.3, -0.25) is 13.9 Å². The minimum atomic E-state index is -3.63. The molecule has 3 rings (SSSR count). The maximum atomic E-state index is 12.6. The van der Waals surface area contributed by atoms with Crippen LogP contribution in [0.3, 0.4) is 0 Å². The molecule has 8 heteroatoms. The lowest BCUT2D eigenvalue weighted by atomic mass is 10.1. The highest BCUT2D eigenvalue weighted by Gasteiger charge is 2.23. The molecule has 7 nitrogen and oxygen atoms in total. The Morgan fingerprint density at radius 1 is 1.10 bits per heavy atom. The molecule has 0 spiro atoms. The molecular weight excluding hydrogens is 414 g/mol. The highest BCUT2D eigenvalue weighted by Crippen LogP contribution is 2.21. The van der Waals surface area contributed by atoms with Gasteiger partial charge in [0.1, 0.15) is 6.54 Å². The third kappa shape index (κ3) is 5.85. The molecule has 0 bridgehead atoms. The van der Waals surface area contributed by atoms with Crippen LogP contribution in [-0.2, 0) is 32.7 Å². The first-order valence-corrected chi connectivity index (χ1v) is 12.2. The standard InChI is InChI=1S/C23H29N3O4S/c1-17-10-11-21(13-18(17)2)26(31(3,29)30)16-22(27)24-14-19-7-4-5-8-20(19)15-25-12-6-9-23(25)28/h4-5,7-8,10-11,13H,6,9,12,14-16H2,1-3H3,(H,24,27). The molecule has 31 heavy (non-hydrogen) atoms. The average Bonchev–Trinajstić information content (AvgIpc) is 3.11. The van der Waals surface area contributed by atoms with Gasteiger partial charge >= 0.3 is 0 Å². The van der Waals surface area contributed by atoms with Gasteiger partial charge in [0.05, 0.1) is 11.9 Å². The van der Waals surface area contributed by atoms with E-state index in [4.69, 9.17) is 0 Å².